The van der Waals surface area contributed by atoms with Gasteiger partial charge in [-0.1, -0.05) is 12.1 Å². The van der Waals surface area contributed by atoms with E-state index in [1.807, 2.05) is 24.3 Å². The van der Waals surface area contributed by atoms with Gasteiger partial charge in [0.2, 0.25) is 0 Å². The summed E-state index contributed by atoms with van der Waals surface area (Å²) in [4.78, 5) is 10.9. The van der Waals surface area contributed by atoms with Crippen molar-refractivity contribution in [1.82, 2.24) is 0 Å². The molecule has 0 saturated heterocycles. The third kappa shape index (κ3) is 1.60. The van der Waals surface area contributed by atoms with E-state index in [-0.39, 0.29) is 0 Å². The van der Waals surface area contributed by atoms with Crippen LogP contribution in [0.2, 0.25) is 0 Å². The summed E-state index contributed by atoms with van der Waals surface area (Å²) in [7, 11) is 3.17. The molecule has 0 bridgehead atoms. The molecule has 3 heteroatoms. The van der Waals surface area contributed by atoms with Crippen LogP contribution >= 0.6 is 0 Å². The standard InChI is InChI=1S/C13H12O3/c1-15-12-5-3-4-9-6-10(8-14)13(16-2)7-11(9)12/h3-8H,1-2H3. The van der Waals surface area contributed by atoms with Gasteiger partial charge in [-0.3, -0.25) is 4.79 Å². The number of hydrogen-bond acceptors (Lipinski definition) is 3. The fraction of sp³-hybridized carbons (Fsp3) is 0.154. The number of rotatable bonds is 3. The third-order valence-electron chi connectivity index (χ3n) is 2.54. The number of aldehydes is 1. The molecular formula is C13H12O3. The monoisotopic (exact) mass is 216 g/mol. The summed E-state index contributed by atoms with van der Waals surface area (Å²) in [5.74, 6) is 1.33. The molecule has 2 aromatic carbocycles. The number of carbonyl (C=O) groups excluding carboxylic acids is 1. The van der Waals surface area contributed by atoms with Crippen LogP contribution in [0, 0.1) is 0 Å². The van der Waals surface area contributed by atoms with Crippen molar-refractivity contribution in [3.05, 3.63) is 35.9 Å². The number of fused-ring (bicyclic) bond motifs is 1. The molecule has 3 nitrogen and oxygen atoms in total. The molecule has 0 saturated carbocycles. The largest absolute Gasteiger partial charge is 0.496 e. The van der Waals surface area contributed by atoms with Crippen molar-refractivity contribution in [2.24, 2.45) is 0 Å². The van der Waals surface area contributed by atoms with E-state index in [1.165, 1.54) is 0 Å². The summed E-state index contributed by atoms with van der Waals surface area (Å²) in [6.45, 7) is 0. The Balaban J connectivity index is 2.77. The lowest BCUT2D eigenvalue weighted by Crippen LogP contribution is -1.92. The molecule has 0 N–H and O–H groups in total. The molecule has 0 aliphatic carbocycles. The average Bonchev–Trinajstić information content (AvgIpc) is 2.36. The normalized spacial score (nSPS) is 10.1. The molecule has 0 aromatic heterocycles. The first-order valence-corrected chi connectivity index (χ1v) is 4.90. The van der Waals surface area contributed by atoms with Crippen LogP contribution in [0.4, 0.5) is 0 Å². The van der Waals surface area contributed by atoms with Gasteiger partial charge in [-0.05, 0) is 23.6 Å². The van der Waals surface area contributed by atoms with Crippen LogP contribution in [0.25, 0.3) is 10.8 Å². The Kier molecular flexibility index (Phi) is 2.77. The molecule has 2 rings (SSSR count). The summed E-state index contributed by atoms with van der Waals surface area (Å²) >= 11 is 0. The average molecular weight is 216 g/mol. The predicted molar refractivity (Wildman–Crippen MR) is 62.4 cm³/mol. The second kappa shape index (κ2) is 4.23. The molecule has 0 fully saturated rings. The zero-order valence-corrected chi connectivity index (χ0v) is 9.19. The highest BCUT2D eigenvalue weighted by atomic mass is 16.5. The van der Waals surface area contributed by atoms with E-state index in [9.17, 15) is 4.79 Å². The third-order valence-corrected chi connectivity index (χ3v) is 2.54. The van der Waals surface area contributed by atoms with Gasteiger partial charge in [0.25, 0.3) is 0 Å². The Morgan fingerprint density at radius 1 is 1.06 bits per heavy atom. The maximum atomic E-state index is 10.9. The quantitative estimate of drug-likeness (QED) is 0.740. The number of carbonyl (C=O) groups is 1. The summed E-state index contributed by atoms with van der Waals surface area (Å²) < 4.78 is 10.4. The first-order valence-electron chi connectivity index (χ1n) is 4.90. The van der Waals surface area contributed by atoms with Crippen LogP contribution in [-0.4, -0.2) is 20.5 Å². The van der Waals surface area contributed by atoms with Crippen molar-refractivity contribution in [2.45, 2.75) is 0 Å². The van der Waals surface area contributed by atoms with Crippen molar-refractivity contribution in [3.63, 3.8) is 0 Å². The van der Waals surface area contributed by atoms with E-state index in [4.69, 9.17) is 9.47 Å². The van der Waals surface area contributed by atoms with E-state index in [1.54, 1.807) is 20.3 Å². The fourth-order valence-electron chi connectivity index (χ4n) is 1.74. The van der Waals surface area contributed by atoms with Gasteiger partial charge in [0.15, 0.2) is 6.29 Å². The SMILES string of the molecule is COc1cc2c(OC)cccc2cc1C=O. The van der Waals surface area contributed by atoms with E-state index in [2.05, 4.69) is 0 Å². The van der Waals surface area contributed by atoms with E-state index < -0.39 is 0 Å². The number of hydrogen-bond donors (Lipinski definition) is 0. The van der Waals surface area contributed by atoms with Crippen LogP contribution in [-0.2, 0) is 0 Å². The fourth-order valence-corrected chi connectivity index (χ4v) is 1.74. The van der Waals surface area contributed by atoms with Crippen molar-refractivity contribution >= 4 is 17.1 Å². The zero-order chi connectivity index (χ0) is 11.5. The molecule has 0 amide bonds. The predicted octanol–water partition coefficient (Wildman–Crippen LogP) is 2.67. The highest BCUT2D eigenvalue weighted by Gasteiger charge is 2.07. The molecule has 0 aliphatic heterocycles. The molecular weight excluding hydrogens is 204 g/mol. The Hall–Kier alpha value is -2.03. The maximum absolute atomic E-state index is 10.9. The van der Waals surface area contributed by atoms with E-state index in [0.717, 1.165) is 22.8 Å². The van der Waals surface area contributed by atoms with Gasteiger partial charge in [-0.2, -0.15) is 0 Å². The zero-order valence-electron chi connectivity index (χ0n) is 9.19. The van der Waals surface area contributed by atoms with E-state index in [0.29, 0.717) is 11.3 Å². The Bertz CT molecular complexity index is 532. The van der Waals surface area contributed by atoms with Gasteiger partial charge in [0.1, 0.15) is 11.5 Å². The summed E-state index contributed by atoms with van der Waals surface area (Å²) in [6, 6.07) is 9.32. The summed E-state index contributed by atoms with van der Waals surface area (Å²) in [5, 5.41) is 1.90. The molecule has 0 heterocycles. The highest BCUT2D eigenvalue weighted by Crippen LogP contribution is 2.31. The number of methoxy groups -OCH3 is 2. The molecule has 0 aliphatic rings. The minimum atomic E-state index is 0.545. The summed E-state index contributed by atoms with van der Waals surface area (Å²) in [5.41, 5.74) is 0.545. The van der Waals surface area contributed by atoms with Gasteiger partial charge in [0, 0.05) is 5.39 Å². The molecule has 0 radical (unpaired) electrons. The Morgan fingerprint density at radius 2 is 1.81 bits per heavy atom. The lowest BCUT2D eigenvalue weighted by atomic mass is 10.1. The number of benzene rings is 2. The van der Waals surface area contributed by atoms with Gasteiger partial charge in [-0.15, -0.1) is 0 Å². The van der Waals surface area contributed by atoms with Crippen LogP contribution in [0.3, 0.4) is 0 Å². The molecule has 0 unspecified atom stereocenters. The van der Waals surface area contributed by atoms with Gasteiger partial charge in [0.05, 0.1) is 19.8 Å². The van der Waals surface area contributed by atoms with Crippen LogP contribution in [0.15, 0.2) is 30.3 Å². The minimum absolute atomic E-state index is 0.545. The molecule has 2 aromatic rings. The second-order valence-corrected chi connectivity index (χ2v) is 3.39. The van der Waals surface area contributed by atoms with Crippen molar-refractivity contribution in [3.8, 4) is 11.5 Å². The second-order valence-electron chi connectivity index (χ2n) is 3.39. The maximum Gasteiger partial charge on any atom is 0.153 e. The first-order chi connectivity index (χ1) is 7.80. The Labute approximate surface area is 93.6 Å². The van der Waals surface area contributed by atoms with Crippen LogP contribution in [0.5, 0.6) is 11.5 Å². The van der Waals surface area contributed by atoms with E-state index >= 15 is 0 Å². The molecule has 82 valence electrons. The lowest BCUT2D eigenvalue weighted by molar-refractivity contribution is 0.112. The van der Waals surface area contributed by atoms with Crippen LogP contribution in [0.1, 0.15) is 10.4 Å². The molecule has 16 heavy (non-hydrogen) atoms. The van der Waals surface area contributed by atoms with Crippen molar-refractivity contribution in [2.75, 3.05) is 14.2 Å². The first kappa shape index (κ1) is 10.5. The number of ether oxygens (including phenoxy) is 2. The topological polar surface area (TPSA) is 35.5 Å². The van der Waals surface area contributed by atoms with Gasteiger partial charge >= 0.3 is 0 Å². The minimum Gasteiger partial charge on any atom is -0.496 e. The van der Waals surface area contributed by atoms with Crippen molar-refractivity contribution in [1.29, 1.82) is 0 Å². The van der Waals surface area contributed by atoms with Gasteiger partial charge in [-0.25, -0.2) is 0 Å². The lowest BCUT2D eigenvalue weighted by Gasteiger charge is -2.09. The Morgan fingerprint density at radius 3 is 2.44 bits per heavy atom. The molecule has 0 spiro atoms. The van der Waals surface area contributed by atoms with Crippen molar-refractivity contribution < 1.29 is 14.3 Å². The smallest absolute Gasteiger partial charge is 0.153 e. The summed E-state index contributed by atoms with van der Waals surface area (Å²) in [6.07, 6.45) is 0.789. The van der Waals surface area contributed by atoms with Gasteiger partial charge < -0.3 is 9.47 Å². The van der Waals surface area contributed by atoms with Crippen LogP contribution < -0.4 is 9.47 Å². The highest BCUT2D eigenvalue weighted by molar-refractivity contribution is 5.95. The molecule has 0 atom stereocenters.